The zero-order chi connectivity index (χ0) is 41.2. The Morgan fingerprint density at radius 2 is 1.47 bits per heavy atom. The van der Waals surface area contributed by atoms with Crippen LogP contribution < -0.4 is 0 Å². The van der Waals surface area contributed by atoms with Crippen LogP contribution in [0.25, 0.3) is 0 Å². The summed E-state index contributed by atoms with van der Waals surface area (Å²) in [4.78, 5) is 12.6. The highest BCUT2D eigenvalue weighted by molar-refractivity contribution is 5.69. The summed E-state index contributed by atoms with van der Waals surface area (Å²) in [5, 5.41) is 32.5. The summed E-state index contributed by atoms with van der Waals surface area (Å²) in [5.41, 5.74) is 2.13. The Hall–Kier alpha value is -0.990. The van der Waals surface area contributed by atoms with E-state index in [0.29, 0.717) is 17.8 Å². The molecule has 5 rings (SSSR count). The number of carbonyl (C=O) groups excluding carboxylic acids is 1. The van der Waals surface area contributed by atoms with Crippen LogP contribution in [0.2, 0.25) is 0 Å². The van der Waals surface area contributed by atoms with Gasteiger partial charge in [0.1, 0.15) is 31.0 Å². The van der Waals surface area contributed by atoms with Crippen LogP contribution in [-0.4, -0.2) is 64.7 Å². The number of fused-ring (bicyclic) bond motifs is 5. The Morgan fingerprint density at radius 3 is 2.12 bits per heavy atom. The minimum Gasteiger partial charge on any atom is -0.463 e. The number of allylic oxidation sites excluding steroid dienone is 1. The summed E-state index contributed by atoms with van der Waals surface area (Å²) in [6.45, 7) is 17.0. The first-order valence-corrected chi connectivity index (χ1v) is 24.5. The van der Waals surface area contributed by atoms with Gasteiger partial charge in [-0.3, -0.25) is 4.79 Å². The van der Waals surface area contributed by atoms with Crippen molar-refractivity contribution in [3.63, 3.8) is 0 Å². The number of hydrogen-bond acceptors (Lipinski definition) is 7. The number of esters is 1. The number of aliphatic hydroxyl groups is 3. The number of ether oxygens (including phenoxy) is 3. The molecule has 0 amide bonds. The van der Waals surface area contributed by atoms with Gasteiger partial charge in [-0.2, -0.15) is 0 Å². The molecule has 14 unspecified atom stereocenters. The van der Waals surface area contributed by atoms with Crippen molar-refractivity contribution >= 4 is 5.97 Å². The monoisotopic (exact) mass is 801 g/mol. The van der Waals surface area contributed by atoms with Gasteiger partial charge < -0.3 is 29.5 Å². The average molecular weight is 801 g/mol. The average Bonchev–Trinajstić information content (AvgIpc) is 3.55. The number of rotatable bonds is 23. The van der Waals surface area contributed by atoms with Gasteiger partial charge in [0.25, 0.3) is 0 Å². The van der Waals surface area contributed by atoms with Crippen molar-refractivity contribution in [1.82, 2.24) is 0 Å². The second-order valence-electron chi connectivity index (χ2n) is 20.8. The molecule has 3 saturated carbocycles. The van der Waals surface area contributed by atoms with Crippen LogP contribution in [-0.2, 0) is 19.0 Å². The molecule has 330 valence electrons. The molecule has 0 aromatic heterocycles. The normalized spacial score (nSPS) is 37.6. The maximum Gasteiger partial charge on any atom is 0.305 e. The lowest BCUT2D eigenvalue weighted by Crippen LogP contribution is -2.60. The van der Waals surface area contributed by atoms with Crippen LogP contribution in [0, 0.1) is 52.3 Å². The van der Waals surface area contributed by atoms with Crippen LogP contribution in [0.1, 0.15) is 203 Å². The molecule has 14 atom stereocenters. The summed E-state index contributed by atoms with van der Waals surface area (Å²) in [6, 6.07) is 0. The molecule has 4 fully saturated rings. The Kier molecular flexibility index (Phi) is 18.3. The fraction of sp³-hybridized carbons (Fsp3) is 0.940. The van der Waals surface area contributed by atoms with Crippen molar-refractivity contribution in [2.24, 2.45) is 52.3 Å². The molecule has 3 N–H and O–H groups in total. The van der Waals surface area contributed by atoms with Crippen LogP contribution in [0.4, 0.5) is 0 Å². The quantitative estimate of drug-likeness (QED) is 0.0537. The van der Waals surface area contributed by atoms with E-state index in [9.17, 15) is 20.1 Å². The SMILES string of the molecule is CCCCCCCCCCCCCCC(=O)OCC1OC(OC2CCC3(C)C(=CCC4C3CCC3(C)C(C(C)CCC(CC)C(C)C)CCC43)C2)C(O)C(O)C1O. The molecule has 1 aliphatic heterocycles. The summed E-state index contributed by atoms with van der Waals surface area (Å²) in [7, 11) is 0. The molecule has 0 aromatic rings. The number of aliphatic hydroxyl groups excluding tert-OH is 3. The van der Waals surface area contributed by atoms with E-state index in [2.05, 4.69) is 54.5 Å². The van der Waals surface area contributed by atoms with Crippen molar-refractivity contribution in [2.45, 2.75) is 239 Å². The Labute approximate surface area is 349 Å². The fourth-order valence-electron chi connectivity index (χ4n) is 13.1. The predicted octanol–water partition coefficient (Wildman–Crippen LogP) is 11.5. The largest absolute Gasteiger partial charge is 0.463 e. The lowest BCUT2D eigenvalue weighted by Gasteiger charge is -2.58. The second-order valence-corrected chi connectivity index (χ2v) is 20.8. The van der Waals surface area contributed by atoms with Crippen LogP contribution >= 0.6 is 0 Å². The van der Waals surface area contributed by atoms with Gasteiger partial charge in [0.15, 0.2) is 6.29 Å². The highest BCUT2D eigenvalue weighted by Gasteiger charge is 2.59. The summed E-state index contributed by atoms with van der Waals surface area (Å²) < 4.78 is 18.0. The maximum atomic E-state index is 12.6. The van der Waals surface area contributed by atoms with E-state index in [0.717, 1.165) is 80.5 Å². The molecule has 0 aromatic carbocycles. The molecule has 5 aliphatic rings. The van der Waals surface area contributed by atoms with Crippen molar-refractivity contribution in [3.05, 3.63) is 11.6 Å². The van der Waals surface area contributed by atoms with Gasteiger partial charge in [-0.15, -0.1) is 0 Å². The molecular formula is C50H88O7. The third-order valence-electron chi connectivity index (χ3n) is 16.9. The Balaban J connectivity index is 1.06. The van der Waals surface area contributed by atoms with E-state index < -0.39 is 30.7 Å². The van der Waals surface area contributed by atoms with Crippen molar-refractivity contribution in [3.8, 4) is 0 Å². The van der Waals surface area contributed by atoms with Gasteiger partial charge in [0.05, 0.1) is 6.10 Å². The van der Waals surface area contributed by atoms with E-state index in [-0.39, 0.29) is 24.1 Å². The van der Waals surface area contributed by atoms with Gasteiger partial charge in [-0.05, 0) is 116 Å². The van der Waals surface area contributed by atoms with Crippen molar-refractivity contribution in [2.75, 3.05) is 6.61 Å². The van der Waals surface area contributed by atoms with Crippen molar-refractivity contribution < 1.29 is 34.3 Å². The highest BCUT2D eigenvalue weighted by Crippen LogP contribution is 2.67. The highest BCUT2D eigenvalue weighted by atomic mass is 16.7. The zero-order valence-electron chi connectivity index (χ0n) is 37.7. The third-order valence-corrected chi connectivity index (χ3v) is 16.9. The number of carbonyl (C=O) groups is 1. The van der Waals surface area contributed by atoms with Gasteiger partial charge in [0, 0.05) is 6.42 Å². The van der Waals surface area contributed by atoms with Gasteiger partial charge >= 0.3 is 5.97 Å². The lowest BCUT2D eigenvalue weighted by molar-refractivity contribution is -0.313. The third kappa shape index (κ3) is 11.7. The number of hydrogen-bond donors (Lipinski definition) is 3. The minimum atomic E-state index is -1.44. The predicted molar refractivity (Wildman–Crippen MR) is 230 cm³/mol. The van der Waals surface area contributed by atoms with E-state index in [1.165, 1.54) is 108 Å². The smallest absolute Gasteiger partial charge is 0.305 e. The first-order chi connectivity index (χ1) is 27.3. The molecule has 7 nitrogen and oxygen atoms in total. The fourth-order valence-corrected chi connectivity index (χ4v) is 13.1. The Morgan fingerprint density at radius 1 is 0.807 bits per heavy atom. The molecule has 4 aliphatic carbocycles. The van der Waals surface area contributed by atoms with Crippen LogP contribution in [0.3, 0.4) is 0 Å². The summed E-state index contributed by atoms with van der Waals surface area (Å²) in [6.07, 6.45) is 24.7. The first kappa shape index (κ1) is 47.1. The van der Waals surface area contributed by atoms with E-state index in [1.807, 2.05) is 0 Å². The minimum absolute atomic E-state index is 0.139. The molecule has 7 heteroatoms. The molecule has 0 spiro atoms. The lowest BCUT2D eigenvalue weighted by atomic mass is 9.47. The summed E-state index contributed by atoms with van der Waals surface area (Å²) in [5.74, 6) is 5.24. The molecule has 0 radical (unpaired) electrons. The first-order valence-electron chi connectivity index (χ1n) is 24.5. The zero-order valence-corrected chi connectivity index (χ0v) is 37.7. The summed E-state index contributed by atoms with van der Waals surface area (Å²) >= 11 is 0. The maximum absolute atomic E-state index is 12.6. The molecule has 0 bridgehead atoms. The number of unbranched alkanes of at least 4 members (excludes halogenated alkanes) is 11. The van der Waals surface area contributed by atoms with E-state index >= 15 is 0 Å². The topological polar surface area (TPSA) is 105 Å². The van der Waals surface area contributed by atoms with Gasteiger partial charge in [-0.25, -0.2) is 0 Å². The van der Waals surface area contributed by atoms with Gasteiger partial charge in [-0.1, -0.05) is 144 Å². The molecule has 1 heterocycles. The Bertz CT molecular complexity index is 1230. The molecular weight excluding hydrogens is 713 g/mol. The van der Waals surface area contributed by atoms with Gasteiger partial charge in [0.2, 0.25) is 0 Å². The van der Waals surface area contributed by atoms with Crippen LogP contribution in [0.15, 0.2) is 11.6 Å². The molecule has 1 saturated heterocycles. The second kappa shape index (κ2) is 22.2. The van der Waals surface area contributed by atoms with Crippen LogP contribution in [0.5, 0.6) is 0 Å². The van der Waals surface area contributed by atoms with E-state index in [4.69, 9.17) is 14.2 Å². The van der Waals surface area contributed by atoms with Crippen molar-refractivity contribution in [1.29, 1.82) is 0 Å². The molecule has 57 heavy (non-hydrogen) atoms. The standard InChI is InChI=1S/C50H88O7/c1-8-10-11-12-13-14-15-16-17-18-19-20-21-44(51)55-33-43-45(52)46(53)47(54)48(57-43)56-38-28-30-49(6)37(32-38)24-25-39-41-27-26-40(50(41,7)31-29-42(39)49)35(5)22-23-36(9-2)34(3)4/h24,34-36,38-43,45-48,52-54H,8-23,25-33H2,1-7H3. The van der Waals surface area contributed by atoms with E-state index in [1.54, 1.807) is 0 Å².